The highest BCUT2D eigenvalue weighted by Crippen LogP contribution is 2.03. The second kappa shape index (κ2) is 12.8. The Morgan fingerprint density at radius 1 is 1.24 bits per heavy atom. The van der Waals surface area contributed by atoms with Gasteiger partial charge in [0.25, 0.3) is 0 Å². The van der Waals surface area contributed by atoms with Crippen molar-refractivity contribution >= 4 is 5.96 Å². The number of hydrogen-bond donors (Lipinski definition) is 2. The topological polar surface area (TPSA) is 62.0 Å². The monoisotopic (exact) mass is 352 g/mol. The molecule has 0 bridgehead atoms. The van der Waals surface area contributed by atoms with Crippen LogP contribution >= 0.6 is 0 Å². The molecule has 144 valence electrons. The van der Waals surface area contributed by atoms with E-state index in [0.29, 0.717) is 25.3 Å². The lowest BCUT2D eigenvalue weighted by Gasteiger charge is -2.30. The van der Waals surface area contributed by atoms with E-state index in [4.69, 9.17) is 9.15 Å². The fourth-order valence-electron chi connectivity index (χ4n) is 2.68. The third kappa shape index (κ3) is 9.51. The number of nitrogens with zero attached hydrogens (tertiary/aromatic N) is 2. The zero-order valence-corrected chi connectivity index (χ0v) is 16.5. The van der Waals surface area contributed by atoms with Gasteiger partial charge in [0.2, 0.25) is 0 Å². The first-order valence-corrected chi connectivity index (χ1v) is 9.42. The summed E-state index contributed by atoms with van der Waals surface area (Å²) < 4.78 is 10.8. The highest BCUT2D eigenvalue weighted by Gasteiger charge is 2.12. The van der Waals surface area contributed by atoms with Gasteiger partial charge in [0.15, 0.2) is 5.96 Å². The largest absolute Gasteiger partial charge is 0.467 e. The molecule has 0 aromatic carbocycles. The van der Waals surface area contributed by atoms with Crippen LogP contribution in [0.3, 0.4) is 0 Å². The Hall–Kier alpha value is -1.53. The summed E-state index contributed by atoms with van der Waals surface area (Å²) in [5.41, 5.74) is 0. The molecule has 0 radical (unpaired) electrons. The highest BCUT2D eigenvalue weighted by molar-refractivity contribution is 5.79. The Bertz CT molecular complexity index is 450. The van der Waals surface area contributed by atoms with Crippen LogP contribution in [0.4, 0.5) is 0 Å². The molecule has 0 saturated heterocycles. The molecule has 0 spiro atoms. The molecule has 2 N–H and O–H groups in total. The van der Waals surface area contributed by atoms with Crippen LogP contribution in [0, 0.1) is 0 Å². The summed E-state index contributed by atoms with van der Waals surface area (Å²) in [4.78, 5) is 7.08. The molecule has 1 rings (SSSR count). The normalized spacial score (nSPS) is 12.4. The van der Waals surface area contributed by atoms with Crippen molar-refractivity contribution in [2.75, 3.05) is 32.8 Å². The molecule has 0 amide bonds. The molecular formula is C19H36N4O2. The number of rotatable bonds is 12. The van der Waals surface area contributed by atoms with Crippen LogP contribution in [0.2, 0.25) is 0 Å². The fraction of sp³-hybridized carbons (Fsp3) is 0.737. The second-order valence-corrected chi connectivity index (χ2v) is 6.60. The maximum Gasteiger partial charge on any atom is 0.191 e. The predicted octanol–water partition coefficient (Wildman–Crippen LogP) is 2.86. The van der Waals surface area contributed by atoms with Gasteiger partial charge in [-0.15, -0.1) is 0 Å². The lowest BCUT2D eigenvalue weighted by Crippen LogP contribution is -2.45. The van der Waals surface area contributed by atoms with Crippen molar-refractivity contribution in [3.63, 3.8) is 0 Å². The summed E-state index contributed by atoms with van der Waals surface area (Å²) in [7, 11) is 0. The standard InChI is InChI=1S/C19H36N4O2/c1-6-20-19(22-11-12-23(16(2)3)17(4)5)21-10-8-13-24-15-18-9-7-14-25-18/h7,9,14,16-17H,6,8,10-13,15H2,1-5H3,(H2,20,21,22). The van der Waals surface area contributed by atoms with Crippen LogP contribution in [0.15, 0.2) is 27.8 Å². The van der Waals surface area contributed by atoms with Crippen LogP contribution in [0.5, 0.6) is 0 Å². The smallest absolute Gasteiger partial charge is 0.191 e. The zero-order chi connectivity index (χ0) is 18.5. The quantitative estimate of drug-likeness (QED) is 0.344. The van der Waals surface area contributed by atoms with Gasteiger partial charge in [-0.05, 0) is 53.2 Å². The van der Waals surface area contributed by atoms with Crippen LogP contribution in [0.1, 0.15) is 46.8 Å². The summed E-state index contributed by atoms with van der Waals surface area (Å²) in [6, 6.07) is 4.89. The Balaban J connectivity index is 2.23. The molecule has 0 aliphatic heterocycles. The van der Waals surface area contributed by atoms with Crippen LogP contribution in [0.25, 0.3) is 0 Å². The van der Waals surface area contributed by atoms with E-state index < -0.39 is 0 Å². The third-order valence-corrected chi connectivity index (χ3v) is 3.87. The van der Waals surface area contributed by atoms with Crippen molar-refractivity contribution in [3.8, 4) is 0 Å². The third-order valence-electron chi connectivity index (χ3n) is 3.87. The first-order chi connectivity index (χ1) is 12.0. The van der Waals surface area contributed by atoms with Gasteiger partial charge in [0.05, 0.1) is 6.26 Å². The van der Waals surface area contributed by atoms with E-state index in [2.05, 4.69) is 55.1 Å². The van der Waals surface area contributed by atoms with Crippen molar-refractivity contribution in [2.24, 2.45) is 4.99 Å². The summed E-state index contributed by atoms with van der Waals surface area (Å²) in [5, 5.41) is 6.71. The molecule has 6 nitrogen and oxygen atoms in total. The lowest BCUT2D eigenvalue weighted by molar-refractivity contribution is 0.105. The SMILES string of the molecule is CCNC(=NCCCOCc1ccco1)NCCN(C(C)C)C(C)C. The van der Waals surface area contributed by atoms with E-state index in [1.54, 1.807) is 6.26 Å². The maximum absolute atomic E-state index is 5.57. The van der Waals surface area contributed by atoms with Crippen molar-refractivity contribution < 1.29 is 9.15 Å². The molecule has 0 atom stereocenters. The predicted molar refractivity (Wildman–Crippen MR) is 104 cm³/mol. The van der Waals surface area contributed by atoms with Gasteiger partial charge in [-0.1, -0.05) is 0 Å². The average molecular weight is 353 g/mol. The van der Waals surface area contributed by atoms with Crippen molar-refractivity contribution in [3.05, 3.63) is 24.2 Å². The minimum Gasteiger partial charge on any atom is -0.467 e. The first kappa shape index (κ1) is 21.5. The van der Waals surface area contributed by atoms with E-state index in [0.717, 1.165) is 44.3 Å². The number of aliphatic imine (C=N–C) groups is 1. The summed E-state index contributed by atoms with van der Waals surface area (Å²) in [6.07, 6.45) is 2.55. The van der Waals surface area contributed by atoms with E-state index in [9.17, 15) is 0 Å². The van der Waals surface area contributed by atoms with Crippen LogP contribution < -0.4 is 10.6 Å². The lowest BCUT2D eigenvalue weighted by atomic mass is 10.2. The molecule has 0 aliphatic carbocycles. The molecule has 6 heteroatoms. The van der Waals surface area contributed by atoms with Crippen LogP contribution in [-0.4, -0.2) is 55.7 Å². The zero-order valence-electron chi connectivity index (χ0n) is 16.5. The molecular weight excluding hydrogens is 316 g/mol. The van der Waals surface area contributed by atoms with E-state index >= 15 is 0 Å². The molecule has 0 unspecified atom stereocenters. The Morgan fingerprint density at radius 3 is 2.60 bits per heavy atom. The van der Waals surface area contributed by atoms with Gasteiger partial charge in [-0.2, -0.15) is 0 Å². The summed E-state index contributed by atoms with van der Waals surface area (Å²) in [6.45, 7) is 15.7. The van der Waals surface area contributed by atoms with Crippen molar-refractivity contribution in [2.45, 2.75) is 59.7 Å². The fourth-order valence-corrected chi connectivity index (χ4v) is 2.68. The summed E-state index contributed by atoms with van der Waals surface area (Å²) >= 11 is 0. The minimum absolute atomic E-state index is 0.523. The number of ether oxygens (including phenoxy) is 1. The Kier molecular flexibility index (Phi) is 11.0. The summed E-state index contributed by atoms with van der Waals surface area (Å²) in [5.74, 6) is 1.74. The van der Waals surface area contributed by atoms with Gasteiger partial charge >= 0.3 is 0 Å². The van der Waals surface area contributed by atoms with Crippen molar-refractivity contribution in [1.82, 2.24) is 15.5 Å². The molecule has 0 aliphatic rings. The highest BCUT2D eigenvalue weighted by atomic mass is 16.5. The molecule has 25 heavy (non-hydrogen) atoms. The van der Waals surface area contributed by atoms with Gasteiger partial charge in [0, 0.05) is 44.9 Å². The number of furan rings is 1. The van der Waals surface area contributed by atoms with E-state index in [1.165, 1.54) is 0 Å². The van der Waals surface area contributed by atoms with Crippen LogP contribution in [-0.2, 0) is 11.3 Å². The molecule has 1 heterocycles. The van der Waals surface area contributed by atoms with E-state index in [1.807, 2.05) is 12.1 Å². The van der Waals surface area contributed by atoms with Crippen molar-refractivity contribution in [1.29, 1.82) is 0 Å². The van der Waals surface area contributed by atoms with Gasteiger partial charge in [0.1, 0.15) is 12.4 Å². The second-order valence-electron chi connectivity index (χ2n) is 6.60. The Labute approximate surface area is 153 Å². The van der Waals surface area contributed by atoms with Gasteiger partial charge < -0.3 is 19.8 Å². The molecule has 1 aromatic rings. The minimum atomic E-state index is 0.523. The van der Waals surface area contributed by atoms with E-state index in [-0.39, 0.29) is 0 Å². The maximum atomic E-state index is 5.57. The molecule has 0 fully saturated rings. The molecule has 0 saturated carbocycles. The Morgan fingerprint density at radius 2 is 2.00 bits per heavy atom. The number of guanidine groups is 1. The van der Waals surface area contributed by atoms with Gasteiger partial charge in [-0.25, -0.2) is 0 Å². The molecule has 1 aromatic heterocycles. The van der Waals surface area contributed by atoms with Gasteiger partial charge in [-0.3, -0.25) is 9.89 Å². The number of hydrogen-bond acceptors (Lipinski definition) is 4. The first-order valence-electron chi connectivity index (χ1n) is 9.42. The average Bonchev–Trinajstić information content (AvgIpc) is 3.07. The number of nitrogens with one attached hydrogen (secondary N) is 2.